The van der Waals surface area contributed by atoms with E-state index in [9.17, 15) is 14.0 Å². The molecule has 5 nitrogen and oxygen atoms in total. The molecular formula is C15H14FN3O2. The van der Waals surface area contributed by atoms with E-state index >= 15 is 0 Å². The number of benzene rings is 1. The van der Waals surface area contributed by atoms with Crippen LogP contribution in [0.25, 0.3) is 0 Å². The largest absolute Gasteiger partial charge is 0.352 e. The molecule has 1 aromatic carbocycles. The summed E-state index contributed by atoms with van der Waals surface area (Å²) in [4.78, 5) is 27.1. The number of amides is 2. The highest BCUT2D eigenvalue weighted by molar-refractivity contribution is 6.03. The number of pyridine rings is 1. The van der Waals surface area contributed by atoms with E-state index in [4.69, 9.17) is 0 Å². The van der Waals surface area contributed by atoms with Gasteiger partial charge in [-0.05, 0) is 29.8 Å². The molecule has 2 aromatic rings. The van der Waals surface area contributed by atoms with Gasteiger partial charge in [-0.3, -0.25) is 14.6 Å². The second kappa shape index (κ2) is 7.14. The molecular weight excluding hydrogens is 273 g/mol. The highest BCUT2D eigenvalue weighted by Gasteiger charge is 2.11. The first kappa shape index (κ1) is 14.6. The third-order valence-electron chi connectivity index (χ3n) is 2.71. The highest BCUT2D eigenvalue weighted by atomic mass is 19.1. The normalized spacial score (nSPS) is 9.95. The van der Waals surface area contributed by atoms with Crippen molar-refractivity contribution in [3.63, 3.8) is 0 Å². The molecule has 108 valence electrons. The summed E-state index contributed by atoms with van der Waals surface area (Å²) in [6, 6.07) is 9.31. The van der Waals surface area contributed by atoms with Crippen molar-refractivity contribution in [2.24, 2.45) is 0 Å². The molecule has 2 amide bonds. The van der Waals surface area contributed by atoms with Crippen LogP contribution in [-0.4, -0.2) is 16.8 Å². The van der Waals surface area contributed by atoms with Gasteiger partial charge >= 0.3 is 0 Å². The van der Waals surface area contributed by atoms with Crippen LogP contribution in [0.15, 0.2) is 48.8 Å². The summed E-state index contributed by atoms with van der Waals surface area (Å²) in [6.07, 6.45) is 2.87. The second-order valence-electron chi connectivity index (χ2n) is 4.34. The van der Waals surface area contributed by atoms with Gasteiger partial charge in [0.15, 0.2) is 0 Å². The number of carbonyl (C=O) groups is 2. The maximum absolute atomic E-state index is 13.3. The Balaban J connectivity index is 1.80. The van der Waals surface area contributed by atoms with Crippen LogP contribution in [0, 0.1) is 5.82 Å². The van der Waals surface area contributed by atoms with Crippen molar-refractivity contribution in [3.8, 4) is 0 Å². The minimum atomic E-state index is -0.563. The van der Waals surface area contributed by atoms with Crippen LogP contribution in [0.2, 0.25) is 0 Å². The van der Waals surface area contributed by atoms with Gasteiger partial charge in [-0.1, -0.05) is 12.1 Å². The van der Waals surface area contributed by atoms with Crippen LogP contribution in [-0.2, 0) is 16.1 Å². The molecule has 1 heterocycles. The standard InChI is InChI=1S/C15H14FN3O2/c16-12-3-1-2-4-13(12)19-15(21)9-14(20)18-10-11-5-7-17-8-6-11/h1-8H,9-10H2,(H,18,20)(H,19,21). The van der Waals surface area contributed by atoms with Gasteiger partial charge in [0.25, 0.3) is 0 Å². The average molecular weight is 287 g/mol. The van der Waals surface area contributed by atoms with Crippen molar-refractivity contribution in [3.05, 3.63) is 60.2 Å². The summed E-state index contributed by atoms with van der Waals surface area (Å²) < 4.78 is 13.3. The Morgan fingerprint density at radius 1 is 1.05 bits per heavy atom. The predicted octanol–water partition coefficient (Wildman–Crippen LogP) is 1.87. The Morgan fingerprint density at radius 3 is 2.48 bits per heavy atom. The summed E-state index contributed by atoms with van der Waals surface area (Å²) in [6.45, 7) is 0.314. The number of rotatable bonds is 5. The Kier molecular flexibility index (Phi) is 4.98. The fourth-order valence-electron chi connectivity index (χ4n) is 1.67. The van der Waals surface area contributed by atoms with Gasteiger partial charge in [-0.25, -0.2) is 4.39 Å². The number of para-hydroxylation sites is 1. The fraction of sp³-hybridized carbons (Fsp3) is 0.133. The van der Waals surface area contributed by atoms with Gasteiger partial charge in [-0.2, -0.15) is 0 Å². The van der Waals surface area contributed by atoms with Crippen LogP contribution in [0.5, 0.6) is 0 Å². The molecule has 0 aliphatic carbocycles. The minimum absolute atomic E-state index is 0.0597. The van der Waals surface area contributed by atoms with Crippen LogP contribution in [0.4, 0.5) is 10.1 Å². The zero-order valence-electron chi connectivity index (χ0n) is 11.2. The molecule has 21 heavy (non-hydrogen) atoms. The van der Waals surface area contributed by atoms with E-state index in [-0.39, 0.29) is 12.1 Å². The summed E-state index contributed by atoms with van der Waals surface area (Å²) >= 11 is 0. The quantitative estimate of drug-likeness (QED) is 0.825. The number of nitrogens with one attached hydrogen (secondary N) is 2. The molecule has 0 aliphatic heterocycles. The van der Waals surface area contributed by atoms with Crippen molar-refractivity contribution in [2.75, 3.05) is 5.32 Å². The second-order valence-corrected chi connectivity index (χ2v) is 4.34. The molecule has 0 radical (unpaired) electrons. The monoisotopic (exact) mass is 287 g/mol. The minimum Gasteiger partial charge on any atom is -0.352 e. The molecule has 0 saturated heterocycles. The number of anilines is 1. The number of hydrogen-bond donors (Lipinski definition) is 2. The maximum Gasteiger partial charge on any atom is 0.233 e. The number of nitrogens with zero attached hydrogens (tertiary/aromatic N) is 1. The topological polar surface area (TPSA) is 71.1 Å². The molecule has 0 atom stereocenters. The molecule has 2 rings (SSSR count). The lowest BCUT2D eigenvalue weighted by molar-refractivity contribution is -0.126. The lowest BCUT2D eigenvalue weighted by Crippen LogP contribution is -2.27. The SMILES string of the molecule is O=C(CC(=O)Nc1ccccc1F)NCc1ccncc1. The van der Waals surface area contributed by atoms with E-state index in [0.717, 1.165) is 5.56 Å². The van der Waals surface area contributed by atoms with Crippen LogP contribution < -0.4 is 10.6 Å². The number of halogens is 1. The lowest BCUT2D eigenvalue weighted by Gasteiger charge is -2.07. The van der Waals surface area contributed by atoms with E-state index < -0.39 is 17.6 Å². The smallest absolute Gasteiger partial charge is 0.233 e. The van der Waals surface area contributed by atoms with E-state index in [1.54, 1.807) is 30.6 Å². The Labute approximate surface area is 121 Å². The molecule has 0 unspecified atom stereocenters. The van der Waals surface area contributed by atoms with Gasteiger partial charge in [0.1, 0.15) is 12.2 Å². The van der Waals surface area contributed by atoms with Crippen LogP contribution >= 0.6 is 0 Å². The van der Waals surface area contributed by atoms with Crippen LogP contribution in [0.1, 0.15) is 12.0 Å². The lowest BCUT2D eigenvalue weighted by atomic mass is 10.2. The maximum atomic E-state index is 13.3. The Hall–Kier alpha value is -2.76. The first-order chi connectivity index (χ1) is 10.1. The molecule has 0 fully saturated rings. The van der Waals surface area contributed by atoms with Crippen LogP contribution in [0.3, 0.4) is 0 Å². The Bertz CT molecular complexity index is 632. The summed E-state index contributed by atoms with van der Waals surface area (Å²) in [5.41, 5.74) is 0.942. The summed E-state index contributed by atoms with van der Waals surface area (Å²) in [7, 11) is 0. The number of carbonyl (C=O) groups excluding carboxylic acids is 2. The predicted molar refractivity (Wildman–Crippen MR) is 75.7 cm³/mol. The average Bonchev–Trinajstić information content (AvgIpc) is 2.48. The number of hydrogen-bond acceptors (Lipinski definition) is 3. The van der Waals surface area contributed by atoms with Crippen molar-refractivity contribution in [1.82, 2.24) is 10.3 Å². The first-order valence-corrected chi connectivity index (χ1v) is 6.35. The van der Waals surface area contributed by atoms with Gasteiger partial charge in [0, 0.05) is 18.9 Å². The third kappa shape index (κ3) is 4.68. The van der Waals surface area contributed by atoms with Gasteiger partial charge in [0.2, 0.25) is 11.8 Å². The van der Waals surface area contributed by atoms with Crippen molar-refractivity contribution < 1.29 is 14.0 Å². The molecule has 0 bridgehead atoms. The zero-order valence-corrected chi connectivity index (χ0v) is 11.2. The first-order valence-electron chi connectivity index (χ1n) is 6.35. The van der Waals surface area contributed by atoms with E-state index in [2.05, 4.69) is 15.6 Å². The van der Waals surface area contributed by atoms with Gasteiger partial charge in [-0.15, -0.1) is 0 Å². The molecule has 0 spiro atoms. The number of aromatic nitrogens is 1. The highest BCUT2D eigenvalue weighted by Crippen LogP contribution is 2.12. The van der Waals surface area contributed by atoms with E-state index in [1.165, 1.54) is 18.2 Å². The fourth-order valence-corrected chi connectivity index (χ4v) is 1.67. The van der Waals surface area contributed by atoms with Crippen molar-refractivity contribution in [2.45, 2.75) is 13.0 Å². The summed E-state index contributed by atoms with van der Waals surface area (Å²) in [5.74, 6) is -1.53. The van der Waals surface area contributed by atoms with Gasteiger partial charge < -0.3 is 10.6 Å². The third-order valence-corrected chi connectivity index (χ3v) is 2.71. The van der Waals surface area contributed by atoms with Crippen molar-refractivity contribution >= 4 is 17.5 Å². The van der Waals surface area contributed by atoms with Crippen molar-refractivity contribution in [1.29, 1.82) is 0 Å². The summed E-state index contributed by atoms with van der Waals surface area (Å²) in [5, 5.41) is 4.96. The molecule has 0 aliphatic rings. The van der Waals surface area contributed by atoms with Gasteiger partial charge in [0.05, 0.1) is 5.69 Å². The van der Waals surface area contributed by atoms with E-state index in [1.807, 2.05) is 0 Å². The zero-order chi connectivity index (χ0) is 15.1. The molecule has 1 aromatic heterocycles. The molecule has 2 N–H and O–H groups in total. The molecule has 0 saturated carbocycles. The Morgan fingerprint density at radius 2 is 1.76 bits per heavy atom. The molecule has 6 heteroatoms. The van der Waals surface area contributed by atoms with E-state index in [0.29, 0.717) is 6.54 Å².